The minimum absolute atomic E-state index is 0.313. The Kier molecular flexibility index (Phi) is 8.32. The van der Waals surface area contributed by atoms with E-state index >= 15 is 0 Å². The zero-order chi connectivity index (χ0) is 28.3. The van der Waals surface area contributed by atoms with Gasteiger partial charge in [0.15, 0.2) is 0 Å². The Labute approximate surface area is 253 Å². The van der Waals surface area contributed by atoms with Crippen LogP contribution in [0.4, 0.5) is 4.79 Å². The van der Waals surface area contributed by atoms with Crippen molar-refractivity contribution in [3.8, 4) is 5.75 Å². The fourth-order valence-corrected chi connectivity index (χ4v) is 6.32. The first-order valence-corrected chi connectivity index (χ1v) is 15.3. The van der Waals surface area contributed by atoms with Gasteiger partial charge in [-0.05, 0) is 79.5 Å². The van der Waals surface area contributed by atoms with Gasteiger partial charge in [-0.25, -0.2) is 9.80 Å². The number of ether oxygens (including phenoxy) is 1. The summed E-state index contributed by atoms with van der Waals surface area (Å²) in [6, 6.07) is 21.2. The Morgan fingerprint density at radius 2 is 1.78 bits per heavy atom. The fourth-order valence-electron chi connectivity index (χ4n) is 5.83. The highest BCUT2D eigenvalue weighted by Gasteiger charge is 2.34. The minimum atomic E-state index is -0.578. The number of amides is 2. The summed E-state index contributed by atoms with van der Waals surface area (Å²) >= 11 is 9.72. The van der Waals surface area contributed by atoms with Crippen LogP contribution >= 0.6 is 27.5 Å². The number of hydrazone groups is 1. The van der Waals surface area contributed by atoms with E-state index in [0.717, 1.165) is 50.1 Å². The van der Waals surface area contributed by atoms with Crippen LogP contribution in [0.2, 0.25) is 5.02 Å². The third-order valence-corrected chi connectivity index (χ3v) is 8.69. The lowest BCUT2D eigenvalue weighted by molar-refractivity contribution is 0.183. The number of hydrogen-bond acceptors (Lipinski definition) is 4. The molecule has 9 heteroatoms. The number of urea groups is 1. The van der Waals surface area contributed by atoms with Crippen LogP contribution in [0, 0.1) is 0 Å². The molecule has 0 spiro atoms. The van der Waals surface area contributed by atoms with Gasteiger partial charge in [-0.15, -0.1) is 0 Å². The van der Waals surface area contributed by atoms with Crippen molar-refractivity contribution in [2.24, 2.45) is 10.8 Å². The molecule has 1 saturated heterocycles. The summed E-state index contributed by atoms with van der Waals surface area (Å²) in [5.41, 5.74) is 10.8. The van der Waals surface area contributed by atoms with Crippen LogP contribution in [-0.2, 0) is 6.54 Å². The molecule has 1 atom stereocenters. The molecule has 4 aromatic rings. The van der Waals surface area contributed by atoms with Crippen LogP contribution in [0.25, 0.3) is 10.9 Å². The Hall–Kier alpha value is -3.33. The molecule has 0 aliphatic carbocycles. The summed E-state index contributed by atoms with van der Waals surface area (Å²) in [5.74, 6) is 0.891. The molecule has 0 radical (unpaired) electrons. The number of aromatic nitrogens is 1. The van der Waals surface area contributed by atoms with Crippen molar-refractivity contribution in [3.05, 3.63) is 99.1 Å². The molecule has 0 saturated carbocycles. The van der Waals surface area contributed by atoms with E-state index < -0.39 is 6.03 Å². The van der Waals surface area contributed by atoms with Gasteiger partial charge in [0.05, 0.1) is 11.8 Å². The van der Waals surface area contributed by atoms with Crippen LogP contribution in [0.3, 0.4) is 0 Å². The first kappa shape index (κ1) is 27.8. The van der Waals surface area contributed by atoms with E-state index in [-0.39, 0.29) is 6.04 Å². The smallest absolute Gasteiger partial charge is 0.335 e. The number of primary amides is 1. The lowest BCUT2D eigenvalue weighted by atomic mass is 9.98. The molecule has 0 bridgehead atoms. The predicted octanol–water partition coefficient (Wildman–Crippen LogP) is 7.20. The highest BCUT2D eigenvalue weighted by atomic mass is 79.9. The topological polar surface area (TPSA) is 76.1 Å². The van der Waals surface area contributed by atoms with Crippen molar-refractivity contribution in [1.29, 1.82) is 0 Å². The lowest BCUT2D eigenvalue weighted by Crippen LogP contribution is -2.33. The number of hydrogen-bond donors (Lipinski definition) is 1. The van der Waals surface area contributed by atoms with Crippen molar-refractivity contribution in [3.63, 3.8) is 0 Å². The number of rotatable bonds is 8. The standard InChI is InChI=1S/C32H33BrClN5O2/c33-24-8-13-30-27(18-24)28(31-19-29(36-39(31)32(35)40)23-6-9-25(34)10-7-23)21-38(30)20-22-4-11-26(12-5-22)41-17-16-37-14-2-1-3-15-37/h4-13,18,21,31H,1-3,14-17,19-20H2,(H2,35,40). The zero-order valence-corrected chi connectivity index (χ0v) is 25.2. The number of likely N-dealkylation sites (tertiary alicyclic amines) is 1. The Bertz CT molecular complexity index is 1560. The van der Waals surface area contributed by atoms with Gasteiger partial charge in [-0.1, -0.05) is 58.2 Å². The lowest BCUT2D eigenvalue weighted by Gasteiger charge is -2.26. The molecule has 1 aromatic heterocycles. The Morgan fingerprint density at radius 3 is 2.51 bits per heavy atom. The molecule has 2 aliphatic heterocycles. The van der Waals surface area contributed by atoms with E-state index in [9.17, 15) is 4.79 Å². The number of piperidine rings is 1. The number of halogens is 2. The molecule has 2 aliphatic rings. The van der Waals surface area contributed by atoms with Gasteiger partial charge in [0.25, 0.3) is 0 Å². The number of nitrogens with zero attached hydrogens (tertiary/aromatic N) is 4. The summed E-state index contributed by atoms with van der Waals surface area (Å²) in [7, 11) is 0. The van der Waals surface area contributed by atoms with Crippen molar-refractivity contribution < 1.29 is 9.53 Å². The Balaban J connectivity index is 1.21. The fraction of sp³-hybridized carbons (Fsp3) is 0.312. The normalized spacial score (nSPS) is 17.7. The third-order valence-electron chi connectivity index (χ3n) is 7.95. The van der Waals surface area contributed by atoms with Crippen LogP contribution in [0.5, 0.6) is 5.75 Å². The number of fused-ring (bicyclic) bond motifs is 1. The minimum Gasteiger partial charge on any atom is -0.492 e. The van der Waals surface area contributed by atoms with Crippen molar-refractivity contribution >= 4 is 50.2 Å². The second-order valence-corrected chi connectivity index (χ2v) is 12.1. The maximum absolute atomic E-state index is 12.5. The van der Waals surface area contributed by atoms with E-state index in [1.54, 1.807) is 0 Å². The van der Waals surface area contributed by atoms with E-state index in [4.69, 9.17) is 22.1 Å². The van der Waals surface area contributed by atoms with Crippen LogP contribution in [0.15, 0.2) is 82.5 Å². The van der Waals surface area contributed by atoms with Gasteiger partial charge in [0.1, 0.15) is 12.4 Å². The van der Waals surface area contributed by atoms with Crippen LogP contribution < -0.4 is 10.5 Å². The average molecular weight is 635 g/mol. The average Bonchev–Trinajstić information content (AvgIpc) is 3.57. The number of benzene rings is 3. The predicted molar refractivity (Wildman–Crippen MR) is 168 cm³/mol. The number of carbonyl (C=O) groups excluding carboxylic acids is 1. The van der Waals surface area contributed by atoms with Crippen LogP contribution in [-0.4, -0.2) is 52.5 Å². The Morgan fingerprint density at radius 1 is 1.02 bits per heavy atom. The van der Waals surface area contributed by atoms with Gasteiger partial charge >= 0.3 is 6.03 Å². The highest BCUT2D eigenvalue weighted by molar-refractivity contribution is 9.10. The third kappa shape index (κ3) is 6.30. The van der Waals surface area contributed by atoms with Gasteiger partial charge in [-0.2, -0.15) is 5.10 Å². The van der Waals surface area contributed by atoms with Gasteiger partial charge in [0, 0.05) is 51.7 Å². The molecule has 2 amide bonds. The molecular weight excluding hydrogens is 602 g/mol. The molecule has 3 heterocycles. The highest BCUT2D eigenvalue weighted by Crippen LogP contribution is 2.38. The summed E-state index contributed by atoms with van der Waals surface area (Å²) < 4.78 is 9.23. The molecule has 6 rings (SSSR count). The van der Waals surface area contributed by atoms with Gasteiger partial charge in [0.2, 0.25) is 0 Å². The second kappa shape index (κ2) is 12.3. The summed E-state index contributed by atoms with van der Waals surface area (Å²) in [6.45, 7) is 4.72. The van der Waals surface area contributed by atoms with E-state index in [1.807, 2.05) is 42.5 Å². The summed E-state index contributed by atoms with van der Waals surface area (Å²) in [5, 5.41) is 7.74. The second-order valence-electron chi connectivity index (χ2n) is 10.7. The molecule has 1 fully saturated rings. The van der Waals surface area contributed by atoms with Crippen molar-refractivity contribution in [2.45, 2.75) is 38.3 Å². The summed E-state index contributed by atoms with van der Waals surface area (Å²) in [6.07, 6.45) is 6.61. The molecule has 7 nitrogen and oxygen atoms in total. The quantitative estimate of drug-likeness (QED) is 0.223. The van der Waals surface area contributed by atoms with Gasteiger partial charge < -0.3 is 15.0 Å². The first-order valence-electron chi connectivity index (χ1n) is 14.1. The molecular formula is C32H33BrClN5O2. The van der Waals surface area contributed by atoms with E-state index in [2.05, 4.69) is 61.0 Å². The SMILES string of the molecule is NC(=O)N1N=C(c2ccc(Cl)cc2)CC1c1cn(Cc2ccc(OCCN3CCCCC3)cc2)c2ccc(Br)cc12. The number of carbonyl (C=O) groups is 1. The first-order chi connectivity index (χ1) is 19.9. The number of nitrogens with two attached hydrogens (primary N) is 1. The van der Waals surface area contributed by atoms with Gasteiger partial charge in [-0.3, -0.25) is 4.90 Å². The summed E-state index contributed by atoms with van der Waals surface area (Å²) in [4.78, 5) is 15.0. The molecule has 2 N–H and O–H groups in total. The van der Waals surface area contributed by atoms with Crippen molar-refractivity contribution in [2.75, 3.05) is 26.2 Å². The maximum Gasteiger partial charge on any atom is 0.335 e. The van der Waals surface area contributed by atoms with Crippen LogP contribution in [0.1, 0.15) is 48.4 Å². The molecule has 1 unspecified atom stereocenters. The van der Waals surface area contributed by atoms with E-state index in [1.165, 1.54) is 37.4 Å². The molecule has 41 heavy (non-hydrogen) atoms. The zero-order valence-electron chi connectivity index (χ0n) is 22.8. The largest absolute Gasteiger partial charge is 0.492 e. The monoisotopic (exact) mass is 633 g/mol. The molecule has 3 aromatic carbocycles. The molecule has 212 valence electrons. The van der Waals surface area contributed by atoms with E-state index in [0.29, 0.717) is 24.6 Å². The van der Waals surface area contributed by atoms with Crippen molar-refractivity contribution in [1.82, 2.24) is 14.5 Å². The maximum atomic E-state index is 12.5.